The number of carbonyl (C=O) groups excluding carboxylic acids is 2. The van der Waals surface area contributed by atoms with Gasteiger partial charge in [0.25, 0.3) is 0 Å². The van der Waals surface area contributed by atoms with Crippen molar-refractivity contribution in [3.63, 3.8) is 0 Å². The van der Waals surface area contributed by atoms with Gasteiger partial charge in [-0.2, -0.15) is 0 Å². The molecule has 4 nitrogen and oxygen atoms in total. The quantitative estimate of drug-likeness (QED) is 0.130. The summed E-state index contributed by atoms with van der Waals surface area (Å²) in [5.74, 6) is -0.0977. The van der Waals surface area contributed by atoms with Crippen molar-refractivity contribution in [1.82, 2.24) is 0 Å². The first-order chi connectivity index (χ1) is 14.6. The first-order valence-corrected chi connectivity index (χ1v) is 12.9. The normalized spacial score (nSPS) is 12.0. The van der Waals surface area contributed by atoms with E-state index < -0.39 is 0 Å². The SMILES string of the molecule is CCCCCCCCC(C)OC(=O)CCCCCCCCC(=O)OCCCCCC. The molecule has 0 bridgehead atoms. The second-order valence-corrected chi connectivity index (χ2v) is 8.76. The van der Waals surface area contributed by atoms with Gasteiger partial charge in [0.1, 0.15) is 0 Å². The number of hydrogen-bond acceptors (Lipinski definition) is 4. The van der Waals surface area contributed by atoms with E-state index in [4.69, 9.17) is 9.47 Å². The van der Waals surface area contributed by atoms with Crippen molar-refractivity contribution in [3.05, 3.63) is 0 Å². The number of ether oxygens (including phenoxy) is 2. The molecule has 0 fully saturated rings. The van der Waals surface area contributed by atoms with Crippen molar-refractivity contribution < 1.29 is 19.1 Å². The Kier molecular flexibility index (Phi) is 21.8. The zero-order valence-electron chi connectivity index (χ0n) is 20.4. The predicted octanol–water partition coefficient (Wildman–Crippen LogP) is 7.91. The second kappa shape index (κ2) is 22.6. The van der Waals surface area contributed by atoms with Crippen LogP contribution in [-0.4, -0.2) is 24.6 Å². The van der Waals surface area contributed by atoms with E-state index in [1.54, 1.807) is 0 Å². The maximum absolute atomic E-state index is 11.9. The number of hydrogen-bond donors (Lipinski definition) is 0. The lowest BCUT2D eigenvalue weighted by Crippen LogP contribution is -2.14. The van der Waals surface area contributed by atoms with E-state index in [0.717, 1.165) is 64.2 Å². The summed E-state index contributed by atoms with van der Waals surface area (Å²) in [7, 11) is 0. The van der Waals surface area contributed by atoms with Gasteiger partial charge in [-0.3, -0.25) is 9.59 Å². The lowest BCUT2D eigenvalue weighted by atomic mass is 10.1. The van der Waals surface area contributed by atoms with Gasteiger partial charge in [-0.05, 0) is 39.0 Å². The number of esters is 2. The maximum Gasteiger partial charge on any atom is 0.306 e. The van der Waals surface area contributed by atoms with E-state index >= 15 is 0 Å². The van der Waals surface area contributed by atoms with Gasteiger partial charge in [0, 0.05) is 12.8 Å². The maximum atomic E-state index is 11.9. The molecule has 0 saturated carbocycles. The standard InChI is InChI=1S/C26H50O4/c1-4-6-8-10-13-16-20-24(3)30-26(28)22-18-15-12-11-14-17-21-25(27)29-23-19-9-7-5-2/h24H,4-23H2,1-3H3. The third-order valence-electron chi connectivity index (χ3n) is 5.57. The van der Waals surface area contributed by atoms with Crippen LogP contribution in [0.5, 0.6) is 0 Å². The van der Waals surface area contributed by atoms with Crippen molar-refractivity contribution in [3.8, 4) is 0 Å². The van der Waals surface area contributed by atoms with Crippen LogP contribution in [0.3, 0.4) is 0 Å². The summed E-state index contributed by atoms with van der Waals surface area (Å²) >= 11 is 0. The van der Waals surface area contributed by atoms with Crippen molar-refractivity contribution in [2.24, 2.45) is 0 Å². The summed E-state index contributed by atoms with van der Waals surface area (Å²) in [4.78, 5) is 23.5. The Morgan fingerprint density at radius 3 is 1.67 bits per heavy atom. The summed E-state index contributed by atoms with van der Waals surface area (Å²) in [5.41, 5.74) is 0. The third kappa shape index (κ3) is 21.6. The molecule has 0 spiro atoms. The van der Waals surface area contributed by atoms with E-state index in [2.05, 4.69) is 13.8 Å². The zero-order valence-corrected chi connectivity index (χ0v) is 20.4. The van der Waals surface area contributed by atoms with Gasteiger partial charge >= 0.3 is 11.9 Å². The molecular weight excluding hydrogens is 376 g/mol. The summed E-state index contributed by atoms with van der Waals surface area (Å²) in [6.45, 7) is 7.00. The van der Waals surface area contributed by atoms with E-state index in [1.807, 2.05) is 6.92 Å². The molecule has 0 amide bonds. The van der Waals surface area contributed by atoms with Crippen molar-refractivity contribution >= 4 is 11.9 Å². The fourth-order valence-electron chi connectivity index (χ4n) is 3.59. The van der Waals surface area contributed by atoms with Gasteiger partial charge in [0.15, 0.2) is 0 Å². The molecule has 0 saturated heterocycles. The van der Waals surface area contributed by atoms with E-state index in [1.165, 1.54) is 44.9 Å². The van der Waals surface area contributed by atoms with Crippen molar-refractivity contribution in [2.75, 3.05) is 6.61 Å². The van der Waals surface area contributed by atoms with Gasteiger partial charge < -0.3 is 9.47 Å². The minimum atomic E-state index is -0.0516. The Morgan fingerprint density at radius 2 is 1.07 bits per heavy atom. The molecule has 0 aliphatic rings. The minimum absolute atomic E-state index is 0.0461. The molecule has 1 unspecified atom stereocenters. The topological polar surface area (TPSA) is 52.6 Å². The smallest absolute Gasteiger partial charge is 0.306 e. The molecule has 0 N–H and O–H groups in total. The molecule has 1 atom stereocenters. The van der Waals surface area contributed by atoms with Crippen LogP contribution >= 0.6 is 0 Å². The van der Waals surface area contributed by atoms with Gasteiger partial charge in [-0.1, -0.05) is 90.9 Å². The largest absolute Gasteiger partial charge is 0.466 e. The molecule has 30 heavy (non-hydrogen) atoms. The predicted molar refractivity (Wildman–Crippen MR) is 126 cm³/mol. The molecule has 178 valence electrons. The fraction of sp³-hybridized carbons (Fsp3) is 0.923. The molecule has 0 aromatic heterocycles. The van der Waals surface area contributed by atoms with Gasteiger partial charge in [0.05, 0.1) is 12.7 Å². The van der Waals surface area contributed by atoms with Crippen LogP contribution in [0.25, 0.3) is 0 Å². The highest BCUT2D eigenvalue weighted by molar-refractivity contribution is 5.69. The van der Waals surface area contributed by atoms with Gasteiger partial charge in [0.2, 0.25) is 0 Å². The van der Waals surface area contributed by atoms with Crippen molar-refractivity contribution in [1.29, 1.82) is 0 Å². The van der Waals surface area contributed by atoms with Gasteiger partial charge in [-0.15, -0.1) is 0 Å². The lowest BCUT2D eigenvalue weighted by Gasteiger charge is -2.13. The Hall–Kier alpha value is -1.06. The van der Waals surface area contributed by atoms with E-state index in [-0.39, 0.29) is 18.0 Å². The minimum Gasteiger partial charge on any atom is -0.466 e. The first kappa shape index (κ1) is 28.9. The molecule has 0 aromatic rings. The summed E-state index contributed by atoms with van der Waals surface area (Å²) in [5, 5.41) is 0. The molecule has 0 aliphatic carbocycles. The highest BCUT2D eigenvalue weighted by atomic mass is 16.5. The number of carbonyl (C=O) groups is 2. The molecular formula is C26H50O4. The fourth-order valence-corrected chi connectivity index (χ4v) is 3.59. The van der Waals surface area contributed by atoms with Crippen molar-refractivity contribution in [2.45, 2.75) is 149 Å². The third-order valence-corrected chi connectivity index (χ3v) is 5.57. The Morgan fingerprint density at radius 1 is 0.600 bits per heavy atom. The van der Waals surface area contributed by atoms with Crippen LogP contribution in [0.4, 0.5) is 0 Å². The first-order valence-electron chi connectivity index (χ1n) is 12.9. The number of rotatable bonds is 22. The highest BCUT2D eigenvalue weighted by Gasteiger charge is 2.09. The molecule has 0 aliphatic heterocycles. The summed E-state index contributed by atoms with van der Waals surface area (Å²) in [6.07, 6.45) is 20.5. The Balaban J connectivity index is 3.38. The Bertz CT molecular complexity index is 394. The average Bonchev–Trinajstić information content (AvgIpc) is 2.72. The zero-order chi connectivity index (χ0) is 22.3. The van der Waals surface area contributed by atoms with E-state index in [9.17, 15) is 9.59 Å². The molecule has 0 heterocycles. The Labute approximate surface area is 186 Å². The highest BCUT2D eigenvalue weighted by Crippen LogP contribution is 2.13. The summed E-state index contributed by atoms with van der Waals surface area (Å²) < 4.78 is 10.8. The van der Waals surface area contributed by atoms with Crippen LogP contribution < -0.4 is 0 Å². The van der Waals surface area contributed by atoms with Crippen LogP contribution in [0.2, 0.25) is 0 Å². The molecule has 4 heteroatoms. The van der Waals surface area contributed by atoms with Crippen LogP contribution in [0.15, 0.2) is 0 Å². The van der Waals surface area contributed by atoms with Crippen LogP contribution in [-0.2, 0) is 19.1 Å². The molecule has 0 aromatic carbocycles. The van der Waals surface area contributed by atoms with Gasteiger partial charge in [-0.25, -0.2) is 0 Å². The second-order valence-electron chi connectivity index (χ2n) is 8.76. The average molecular weight is 427 g/mol. The summed E-state index contributed by atoms with van der Waals surface area (Å²) in [6, 6.07) is 0. The van der Waals surface area contributed by atoms with E-state index in [0.29, 0.717) is 19.4 Å². The van der Waals surface area contributed by atoms with Crippen LogP contribution in [0.1, 0.15) is 143 Å². The number of unbranched alkanes of at least 4 members (excludes halogenated alkanes) is 13. The lowest BCUT2D eigenvalue weighted by molar-refractivity contribution is -0.148. The monoisotopic (exact) mass is 426 g/mol. The molecule has 0 rings (SSSR count). The van der Waals surface area contributed by atoms with Crippen LogP contribution in [0, 0.1) is 0 Å². The molecule has 0 radical (unpaired) electrons.